The normalized spacial score (nSPS) is 11.9. The maximum absolute atomic E-state index is 12.4. The van der Waals surface area contributed by atoms with Gasteiger partial charge in [0, 0.05) is 32.6 Å². The van der Waals surface area contributed by atoms with Gasteiger partial charge in [-0.15, -0.1) is 0 Å². The first-order valence-corrected chi connectivity index (χ1v) is 10.0. The molecule has 0 bridgehead atoms. The molecule has 0 spiro atoms. The molecule has 0 aliphatic rings. The number of fused-ring (bicyclic) bond motifs is 1. The molecule has 0 saturated heterocycles. The standard InChI is InChI=1S/C16H14Br2N2O2S/c17-12-5-6-14(18)16(9-12)23(21,22)20-8-7-11-10-19-15-4-2-1-3-13(11)15/h1-6,9-10,19-20H,7-8H2. The molecule has 120 valence electrons. The van der Waals surface area contributed by atoms with Crippen molar-refractivity contribution < 1.29 is 8.42 Å². The molecule has 1 heterocycles. The largest absolute Gasteiger partial charge is 0.361 e. The lowest BCUT2D eigenvalue weighted by Gasteiger charge is -2.09. The number of hydrogen-bond donors (Lipinski definition) is 2. The van der Waals surface area contributed by atoms with Gasteiger partial charge >= 0.3 is 0 Å². The Labute approximate surface area is 151 Å². The quantitative estimate of drug-likeness (QED) is 0.602. The van der Waals surface area contributed by atoms with Gasteiger partial charge in [0.2, 0.25) is 10.0 Å². The second kappa shape index (κ2) is 6.76. The summed E-state index contributed by atoms with van der Waals surface area (Å²) in [6, 6.07) is 13.0. The second-order valence-corrected chi connectivity index (χ2v) is 8.59. The summed E-state index contributed by atoms with van der Waals surface area (Å²) in [6.07, 6.45) is 2.54. The van der Waals surface area contributed by atoms with Crippen LogP contribution in [-0.4, -0.2) is 19.9 Å². The highest BCUT2D eigenvalue weighted by molar-refractivity contribution is 9.11. The Balaban J connectivity index is 1.74. The lowest BCUT2D eigenvalue weighted by molar-refractivity contribution is 0.581. The summed E-state index contributed by atoms with van der Waals surface area (Å²) in [5.74, 6) is 0. The van der Waals surface area contributed by atoms with E-state index in [4.69, 9.17) is 0 Å². The van der Waals surface area contributed by atoms with E-state index in [1.54, 1.807) is 18.2 Å². The zero-order valence-corrected chi connectivity index (χ0v) is 16.0. The average Bonchev–Trinajstić information content (AvgIpc) is 2.93. The molecule has 1 aromatic heterocycles. The van der Waals surface area contributed by atoms with E-state index in [1.165, 1.54) is 0 Å². The monoisotopic (exact) mass is 456 g/mol. The van der Waals surface area contributed by atoms with Gasteiger partial charge in [0.25, 0.3) is 0 Å². The molecule has 0 atom stereocenters. The number of halogens is 2. The number of H-pyrrole nitrogens is 1. The van der Waals surface area contributed by atoms with Crippen molar-refractivity contribution in [1.29, 1.82) is 0 Å². The average molecular weight is 458 g/mol. The number of hydrogen-bond acceptors (Lipinski definition) is 2. The smallest absolute Gasteiger partial charge is 0.241 e. The van der Waals surface area contributed by atoms with Gasteiger partial charge in [0.15, 0.2) is 0 Å². The fourth-order valence-electron chi connectivity index (χ4n) is 2.42. The van der Waals surface area contributed by atoms with Crippen LogP contribution in [0.1, 0.15) is 5.56 Å². The van der Waals surface area contributed by atoms with E-state index >= 15 is 0 Å². The van der Waals surface area contributed by atoms with Crippen LogP contribution in [-0.2, 0) is 16.4 Å². The van der Waals surface area contributed by atoms with Gasteiger partial charge in [-0.25, -0.2) is 13.1 Å². The van der Waals surface area contributed by atoms with Gasteiger partial charge in [0.1, 0.15) is 0 Å². The van der Waals surface area contributed by atoms with Gasteiger partial charge < -0.3 is 4.98 Å². The van der Waals surface area contributed by atoms with E-state index < -0.39 is 10.0 Å². The lowest BCUT2D eigenvalue weighted by atomic mass is 10.1. The Morgan fingerprint density at radius 3 is 2.70 bits per heavy atom. The summed E-state index contributed by atoms with van der Waals surface area (Å²) in [6.45, 7) is 0.336. The summed E-state index contributed by atoms with van der Waals surface area (Å²) in [5.41, 5.74) is 2.15. The first kappa shape index (κ1) is 16.7. The molecule has 0 aliphatic heterocycles. The Kier molecular flexibility index (Phi) is 4.91. The number of para-hydroxylation sites is 1. The molecule has 0 saturated carbocycles. The Morgan fingerprint density at radius 2 is 1.87 bits per heavy atom. The van der Waals surface area contributed by atoms with Gasteiger partial charge in [-0.2, -0.15) is 0 Å². The van der Waals surface area contributed by atoms with Crippen LogP contribution < -0.4 is 4.72 Å². The molecule has 0 aliphatic carbocycles. The maximum atomic E-state index is 12.4. The van der Waals surface area contributed by atoms with Crippen LogP contribution in [0.2, 0.25) is 0 Å². The zero-order valence-electron chi connectivity index (χ0n) is 12.0. The molecule has 2 N–H and O–H groups in total. The molecule has 3 aromatic rings. The fourth-order valence-corrected chi connectivity index (χ4v) is 4.95. The minimum absolute atomic E-state index is 0.228. The third-order valence-electron chi connectivity index (χ3n) is 3.54. The zero-order chi connectivity index (χ0) is 16.4. The number of aromatic nitrogens is 1. The Hall–Kier alpha value is -1.15. The maximum Gasteiger partial charge on any atom is 0.241 e. The highest BCUT2D eigenvalue weighted by Gasteiger charge is 2.17. The van der Waals surface area contributed by atoms with E-state index in [9.17, 15) is 8.42 Å². The number of rotatable bonds is 5. The van der Waals surface area contributed by atoms with Crippen molar-refractivity contribution in [2.24, 2.45) is 0 Å². The van der Waals surface area contributed by atoms with Crippen LogP contribution in [0.5, 0.6) is 0 Å². The van der Waals surface area contributed by atoms with Crippen molar-refractivity contribution in [3.05, 3.63) is 63.2 Å². The van der Waals surface area contributed by atoms with Crippen LogP contribution in [0.4, 0.5) is 0 Å². The summed E-state index contributed by atoms with van der Waals surface area (Å²) in [4.78, 5) is 3.42. The highest BCUT2D eigenvalue weighted by atomic mass is 79.9. The van der Waals surface area contributed by atoms with Gasteiger partial charge in [0.05, 0.1) is 4.90 Å². The van der Waals surface area contributed by atoms with Gasteiger partial charge in [-0.05, 0) is 52.2 Å². The van der Waals surface area contributed by atoms with Gasteiger partial charge in [-0.1, -0.05) is 34.1 Å². The van der Waals surface area contributed by atoms with Crippen LogP contribution in [0.25, 0.3) is 10.9 Å². The van der Waals surface area contributed by atoms with Crippen LogP contribution in [0.3, 0.4) is 0 Å². The summed E-state index contributed by atoms with van der Waals surface area (Å²) >= 11 is 6.58. The van der Waals surface area contributed by atoms with Crippen molar-refractivity contribution in [3.8, 4) is 0 Å². The summed E-state index contributed by atoms with van der Waals surface area (Å²) in [7, 11) is -3.56. The lowest BCUT2D eigenvalue weighted by Crippen LogP contribution is -2.26. The van der Waals surface area contributed by atoms with Crippen molar-refractivity contribution in [3.63, 3.8) is 0 Å². The number of aromatic amines is 1. The van der Waals surface area contributed by atoms with E-state index in [2.05, 4.69) is 41.6 Å². The van der Waals surface area contributed by atoms with Gasteiger partial charge in [-0.3, -0.25) is 0 Å². The third kappa shape index (κ3) is 3.68. The molecule has 0 unspecified atom stereocenters. The molecular formula is C16H14Br2N2O2S. The van der Waals surface area contributed by atoms with Crippen molar-refractivity contribution >= 4 is 52.8 Å². The highest BCUT2D eigenvalue weighted by Crippen LogP contribution is 2.25. The molecule has 7 heteroatoms. The van der Waals surface area contributed by atoms with Crippen molar-refractivity contribution in [2.45, 2.75) is 11.3 Å². The van der Waals surface area contributed by atoms with Crippen LogP contribution in [0.15, 0.2) is 62.5 Å². The van der Waals surface area contributed by atoms with Crippen molar-refractivity contribution in [2.75, 3.05) is 6.54 Å². The Bertz CT molecular complexity index is 952. The Morgan fingerprint density at radius 1 is 1.09 bits per heavy atom. The third-order valence-corrected chi connectivity index (χ3v) is 6.49. The number of nitrogens with one attached hydrogen (secondary N) is 2. The first-order valence-electron chi connectivity index (χ1n) is 6.97. The van der Waals surface area contributed by atoms with E-state index in [0.29, 0.717) is 17.4 Å². The number of sulfonamides is 1. The summed E-state index contributed by atoms with van der Waals surface area (Å²) < 4.78 is 28.8. The van der Waals surface area contributed by atoms with E-state index in [0.717, 1.165) is 20.9 Å². The molecule has 23 heavy (non-hydrogen) atoms. The first-order chi connectivity index (χ1) is 11.0. The molecule has 0 radical (unpaired) electrons. The van der Waals surface area contributed by atoms with Crippen LogP contribution in [0, 0.1) is 0 Å². The molecule has 4 nitrogen and oxygen atoms in total. The number of benzene rings is 2. The van der Waals surface area contributed by atoms with E-state index in [1.807, 2.05) is 30.5 Å². The topological polar surface area (TPSA) is 62.0 Å². The van der Waals surface area contributed by atoms with Crippen molar-refractivity contribution in [1.82, 2.24) is 9.71 Å². The molecule has 0 fully saturated rings. The molecule has 3 rings (SSSR count). The predicted molar refractivity (Wildman–Crippen MR) is 99.0 cm³/mol. The van der Waals surface area contributed by atoms with Crippen LogP contribution >= 0.6 is 31.9 Å². The summed E-state index contributed by atoms with van der Waals surface area (Å²) in [5, 5.41) is 1.12. The molecular weight excluding hydrogens is 444 g/mol. The predicted octanol–water partition coefficient (Wildman–Crippen LogP) is 4.21. The molecule has 2 aromatic carbocycles. The second-order valence-electron chi connectivity index (χ2n) is 5.08. The minimum atomic E-state index is -3.56. The molecule has 0 amide bonds. The fraction of sp³-hybridized carbons (Fsp3) is 0.125. The minimum Gasteiger partial charge on any atom is -0.361 e. The SMILES string of the molecule is O=S(=O)(NCCc1c[nH]c2ccccc12)c1cc(Br)ccc1Br. The van der Waals surface area contributed by atoms with E-state index in [-0.39, 0.29) is 4.90 Å².